The van der Waals surface area contributed by atoms with Crippen molar-refractivity contribution in [2.75, 3.05) is 5.32 Å². The van der Waals surface area contributed by atoms with E-state index in [2.05, 4.69) is 5.32 Å². The van der Waals surface area contributed by atoms with Gasteiger partial charge in [0.1, 0.15) is 29.6 Å². The van der Waals surface area contributed by atoms with Gasteiger partial charge >= 0.3 is 0 Å². The molecule has 4 aromatic rings. The highest BCUT2D eigenvalue weighted by Crippen LogP contribution is 2.32. The fourth-order valence-corrected chi connectivity index (χ4v) is 3.75. The van der Waals surface area contributed by atoms with Gasteiger partial charge in [-0.15, -0.1) is 0 Å². The minimum absolute atomic E-state index is 0.0213. The van der Waals surface area contributed by atoms with E-state index in [0.717, 1.165) is 16.7 Å². The lowest BCUT2D eigenvalue weighted by Gasteiger charge is -2.11. The van der Waals surface area contributed by atoms with Gasteiger partial charge < -0.3 is 19.2 Å². The molecule has 0 saturated heterocycles. The molecule has 0 radical (unpaired) electrons. The van der Waals surface area contributed by atoms with Crippen molar-refractivity contribution in [3.05, 3.63) is 110 Å². The first-order chi connectivity index (χ1) is 17.2. The summed E-state index contributed by atoms with van der Waals surface area (Å²) >= 11 is 6.18. The molecule has 0 aliphatic rings. The van der Waals surface area contributed by atoms with Crippen molar-refractivity contribution in [2.45, 2.75) is 27.4 Å². The molecule has 1 N–H and O–H groups in total. The standard InChI is InChI=1S/C27H23ClN2O6/c1-16-7-8-17(2)25(11-16)36-22-13-19(12-20(14-22)30(32)33)29-27(31)24-10-9-21(35-24)15-34-26-18(3)5-4-6-23(26)28/h4-14H,15H2,1-3H3,(H,29,31). The van der Waals surface area contributed by atoms with E-state index in [1.165, 1.54) is 24.3 Å². The van der Waals surface area contributed by atoms with Gasteiger partial charge in [0, 0.05) is 12.1 Å². The third-order valence-electron chi connectivity index (χ3n) is 5.34. The number of hydrogen-bond acceptors (Lipinski definition) is 6. The molecule has 36 heavy (non-hydrogen) atoms. The van der Waals surface area contributed by atoms with E-state index in [1.807, 2.05) is 51.1 Å². The number of nitrogens with zero attached hydrogens (tertiary/aromatic N) is 1. The molecule has 0 spiro atoms. The van der Waals surface area contributed by atoms with Gasteiger partial charge in [0.2, 0.25) is 0 Å². The third kappa shape index (κ3) is 5.84. The highest BCUT2D eigenvalue weighted by atomic mass is 35.5. The van der Waals surface area contributed by atoms with E-state index < -0.39 is 10.8 Å². The Morgan fingerprint density at radius 2 is 1.83 bits per heavy atom. The Hall–Kier alpha value is -4.30. The average Bonchev–Trinajstić information content (AvgIpc) is 3.30. The van der Waals surface area contributed by atoms with Gasteiger partial charge in [-0.05, 0) is 61.7 Å². The smallest absolute Gasteiger partial charge is 0.291 e. The zero-order chi connectivity index (χ0) is 25.8. The number of ether oxygens (including phenoxy) is 2. The van der Waals surface area contributed by atoms with Crippen LogP contribution in [0.1, 0.15) is 33.0 Å². The molecule has 1 aromatic heterocycles. The molecule has 1 heterocycles. The van der Waals surface area contributed by atoms with E-state index in [0.29, 0.717) is 22.3 Å². The molecule has 4 rings (SSSR count). The van der Waals surface area contributed by atoms with Crippen molar-refractivity contribution in [1.82, 2.24) is 0 Å². The number of furan rings is 1. The molecule has 0 aliphatic heterocycles. The fourth-order valence-electron chi connectivity index (χ4n) is 3.48. The van der Waals surface area contributed by atoms with E-state index >= 15 is 0 Å². The van der Waals surface area contributed by atoms with Gasteiger partial charge in [-0.1, -0.05) is 35.9 Å². The number of non-ortho nitro benzene ring substituents is 1. The van der Waals surface area contributed by atoms with E-state index in [-0.39, 0.29) is 29.5 Å². The van der Waals surface area contributed by atoms with Crippen molar-refractivity contribution in [1.29, 1.82) is 0 Å². The summed E-state index contributed by atoms with van der Waals surface area (Å²) in [6.07, 6.45) is 0. The monoisotopic (exact) mass is 506 g/mol. The van der Waals surface area contributed by atoms with Crippen LogP contribution in [0.2, 0.25) is 5.02 Å². The normalized spacial score (nSPS) is 10.7. The first-order valence-corrected chi connectivity index (χ1v) is 11.4. The SMILES string of the molecule is Cc1ccc(C)c(Oc2cc(NC(=O)c3ccc(COc4c(C)cccc4Cl)o3)cc([N+](=O)[O-])c2)c1. The molecule has 0 saturated carbocycles. The molecular weight excluding hydrogens is 484 g/mol. The first kappa shape index (κ1) is 24.8. The molecule has 0 bridgehead atoms. The number of carbonyl (C=O) groups excluding carboxylic acids is 1. The maximum absolute atomic E-state index is 12.8. The Kier molecular flexibility index (Phi) is 7.26. The molecule has 0 atom stereocenters. The molecule has 8 nitrogen and oxygen atoms in total. The summed E-state index contributed by atoms with van der Waals surface area (Å²) in [5.41, 5.74) is 2.69. The zero-order valence-electron chi connectivity index (χ0n) is 19.8. The molecule has 1 amide bonds. The van der Waals surface area contributed by atoms with Crippen LogP contribution in [-0.2, 0) is 6.61 Å². The molecule has 9 heteroatoms. The predicted octanol–water partition coefficient (Wildman–Crippen LogP) is 7.39. The van der Waals surface area contributed by atoms with Crippen LogP contribution in [0, 0.1) is 30.9 Å². The molecule has 0 unspecified atom stereocenters. The van der Waals surface area contributed by atoms with Gasteiger partial charge in [-0.25, -0.2) is 0 Å². The maximum Gasteiger partial charge on any atom is 0.291 e. The van der Waals surface area contributed by atoms with Gasteiger partial charge in [0.15, 0.2) is 5.76 Å². The summed E-state index contributed by atoms with van der Waals surface area (Å²) < 4.78 is 17.3. The van der Waals surface area contributed by atoms with E-state index in [1.54, 1.807) is 12.1 Å². The minimum atomic E-state index is -0.576. The summed E-state index contributed by atoms with van der Waals surface area (Å²) in [4.78, 5) is 23.7. The lowest BCUT2D eigenvalue weighted by Crippen LogP contribution is -2.11. The van der Waals surface area contributed by atoms with Gasteiger partial charge in [-0.2, -0.15) is 0 Å². The van der Waals surface area contributed by atoms with Crippen molar-refractivity contribution < 1.29 is 23.6 Å². The number of aryl methyl sites for hydroxylation is 3. The number of rotatable bonds is 8. The van der Waals surface area contributed by atoms with Crippen molar-refractivity contribution in [3.63, 3.8) is 0 Å². The first-order valence-electron chi connectivity index (χ1n) is 11.0. The van der Waals surface area contributed by atoms with Gasteiger partial charge in [0.25, 0.3) is 11.6 Å². The summed E-state index contributed by atoms with van der Waals surface area (Å²) in [6.45, 7) is 5.74. The maximum atomic E-state index is 12.8. The third-order valence-corrected chi connectivity index (χ3v) is 5.64. The number of nitro groups is 1. The molecule has 184 valence electrons. The van der Waals surface area contributed by atoms with Gasteiger partial charge in [0.05, 0.1) is 21.7 Å². The van der Waals surface area contributed by atoms with Crippen LogP contribution in [0.3, 0.4) is 0 Å². The van der Waals surface area contributed by atoms with E-state index in [9.17, 15) is 14.9 Å². The van der Waals surface area contributed by atoms with Crippen LogP contribution in [0.15, 0.2) is 71.1 Å². The van der Waals surface area contributed by atoms with Crippen molar-refractivity contribution >= 4 is 28.9 Å². The topological polar surface area (TPSA) is 104 Å². The minimum Gasteiger partial charge on any atom is -0.484 e. The number of halogens is 1. The molecule has 3 aromatic carbocycles. The van der Waals surface area contributed by atoms with Crippen LogP contribution in [0.25, 0.3) is 0 Å². The highest BCUT2D eigenvalue weighted by Gasteiger charge is 2.17. The number of amides is 1. The Morgan fingerprint density at radius 1 is 1.03 bits per heavy atom. The lowest BCUT2D eigenvalue weighted by atomic mass is 10.1. The highest BCUT2D eigenvalue weighted by molar-refractivity contribution is 6.32. The van der Waals surface area contributed by atoms with Crippen molar-refractivity contribution in [2.24, 2.45) is 0 Å². The van der Waals surface area contributed by atoms with Crippen LogP contribution in [-0.4, -0.2) is 10.8 Å². The Bertz CT molecular complexity index is 1430. The number of benzene rings is 3. The Balaban J connectivity index is 1.49. The van der Waals surface area contributed by atoms with Crippen LogP contribution in [0.5, 0.6) is 17.2 Å². The fraction of sp³-hybridized carbons (Fsp3) is 0.148. The summed E-state index contributed by atoms with van der Waals surface area (Å²) in [5.74, 6) is 1.18. The van der Waals surface area contributed by atoms with Crippen molar-refractivity contribution in [3.8, 4) is 17.2 Å². The number of hydrogen-bond donors (Lipinski definition) is 1. The van der Waals surface area contributed by atoms with Crippen LogP contribution >= 0.6 is 11.6 Å². The quantitative estimate of drug-likeness (QED) is 0.197. The summed E-state index contributed by atoms with van der Waals surface area (Å²) in [7, 11) is 0. The lowest BCUT2D eigenvalue weighted by molar-refractivity contribution is -0.384. The Labute approximate surface area is 212 Å². The zero-order valence-corrected chi connectivity index (χ0v) is 20.6. The van der Waals surface area contributed by atoms with Gasteiger partial charge in [-0.3, -0.25) is 14.9 Å². The van der Waals surface area contributed by atoms with E-state index in [4.69, 9.17) is 25.5 Å². The number of carbonyl (C=O) groups is 1. The second-order valence-electron chi connectivity index (χ2n) is 8.24. The summed E-state index contributed by atoms with van der Waals surface area (Å²) in [6, 6.07) is 18.3. The largest absolute Gasteiger partial charge is 0.484 e. The van der Waals surface area contributed by atoms with Crippen LogP contribution in [0.4, 0.5) is 11.4 Å². The summed E-state index contributed by atoms with van der Waals surface area (Å²) in [5, 5.41) is 14.6. The second-order valence-corrected chi connectivity index (χ2v) is 8.65. The molecule has 0 aliphatic carbocycles. The predicted molar refractivity (Wildman–Crippen MR) is 136 cm³/mol. The molecule has 0 fully saturated rings. The average molecular weight is 507 g/mol. The number of para-hydroxylation sites is 1. The van der Waals surface area contributed by atoms with Crippen LogP contribution < -0.4 is 14.8 Å². The Morgan fingerprint density at radius 3 is 2.58 bits per heavy atom. The number of anilines is 1. The number of nitrogens with one attached hydrogen (secondary N) is 1. The number of nitro benzene ring substituents is 1. The second kappa shape index (κ2) is 10.5. The molecular formula is C27H23ClN2O6.